The predicted octanol–water partition coefficient (Wildman–Crippen LogP) is 4.30. The van der Waals surface area contributed by atoms with Gasteiger partial charge >= 0.3 is 6.18 Å². The lowest BCUT2D eigenvalue weighted by atomic mass is 10.2. The van der Waals surface area contributed by atoms with Crippen molar-refractivity contribution in [3.63, 3.8) is 0 Å². The number of H-pyrrole nitrogens is 1. The highest BCUT2D eigenvalue weighted by Crippen LogP contribution is 2.23. The van der Waals surface area contributed by atoms with Crippen LogP contribution in [-0.2, 0) is 6.54 Å². The van der Waals surface area contributed by atoms with Gasteiger partial charge in [-0.05, 0) is 37.2 Å². The maximum Gasteiger partial charge on any atom is 0.389 e. The zero-order valence-electron chi connectivity index (χ0n) is 10.5. The van der Waals surface area contributed by atoms with Crippen LogP contribution in [0.1, 0.15) is 24.8 Å². The third-order valence-electron chi connectivity index (χ3n) is 3.02. The van der Waals surface area contributed by atoms with Gasteiger partial charge in [-0.15, -0.1) is 0 Å². The SMILES string of the molecule is N#Cc1cccc2c1[nH]c(=S)n2CCCCC(F)(F)F. The molecule has 0 atom stereocenters. The molecule has 0 bridgehead atoms. The fraction of sp³-hybridized carbons (Fsp3) is 0.385. The van der Waals surface area contributed by atoms with Crippen LogP contribution in [-0.4, -0.2) is 15.7 Å². The lowest BCUT2D eigenvalue weighted by Gasteiger charge is -2.07. The molecule has 0 aliphatic rings. The minimum Gasteiger partial charge on any atom is -0.329 e. The molecule has 0 unspecified atom stereocenters. The monoisotopic (exact) mass is 299 g/mol. The van der Waals surface area contributed by atoms with Crippen LogP contribution in [0.2, 0.25) is 0 Å². The lowest BCUT2D eigenvalue weighted by Crippen LogP contribution is -2.07. The van der Waals surface area contributed by atoms with E-state index < -0.39 is 12.6 Å². The van der Waals surface area contributed by atoms with Crippen LogP contribution in [0.3, 0.4) is 0 Å². The van der Waals surface area contributed by atoms with Gasteiger partial charge in [0.1, 0.15) is 6.07 Å². The van der Waals surface area contributed by atoms with Gasteiger partial charge in [-0.2, -0.15) is 18.4 Å². The van der Waals surface area contributed by atoms with Gasteiger partial charge in [0.25, 0.3) is 0 Å². The van der Waals surface area contributed by atoms with E-state index in [-0.39, 0.29) is 6.42 Å². The average Bonchev–Trinajstić information content (AvgIpc) is 2.69. The number of para-hydroxylation sites is 1. The highest BCUT2D eigenvalue weighted by atomic mass is 32.1. The number of aryl methyl sites for hydroxylation is 1. The lowest BCUT2D eigenvalue weighted by molar-refractivity contribution is -0.135. The van der Waals surface area contributed by atoms with Gasteiger partial charge in [0.05, 0.1) is 16.6 Å². The Morgan fingerprint density at radius 1 is 1.30 bits per heavy atom. The summed E-state index contributed by atoms with van der Waals surface area (Å²) in [6.07, 6.45) is -4.45. The molecule has 0 radical (unpaired) electrons. The number of fused-ring (bicyclic) bond motifs is 1. The van der Waals surface area contributed by atoms with Crippen molar-refractivity contribution in [2.75, 3.05) is 0 Å². The fourth-order valence-corrected chi connectivity index (χ4v) is 2.38. The number of imidazole rings is 1. The van der Waals surface area contributed by atoms with E-state index >= 15 is 0 Å². The molecule has 3 nitrogen and oxygen atoms in total. The summed E-state index contributed by atoms with van der Waals surface area (Å²) in [4.78, 5) is 2.94. The quantitative estimate of drug-likeness (QED) is 0.675. The molecule has 2 rings (SSSR count). The highest BCUT2D eigenvalue weighted by Gasteiger charge is 2.25. The Morgan fingerprint density at radius 3 is 2.70 bits per heavy atom. The van der Waals surface area contributed by atoms with Gasteiger partial charge in [0, 0.05) is 13.0 Å². The molecule has 20 heavy (non-hydrogen) atoms. The number of halogens is 3. The summed E-state index contributed by atoms with van der Waals surface area (Å²) >= 11 is 5.16. The maximum absolute atomic E-state index is 12.1. The molecule has 0 aliphatic heterocycles. The Kier molecular flexibility index (Phi) is 4.14. The Bertz CT molecular complexity index is 706. The number of aromatic nitrogens is 2. The van der Waals surface area contributed by atoms with Crippen molar-refractivity contribution < 1.29 is 13.2 Å². The first-order valence-corrected chi connectivity index (χ1v) is 6.51. The normalized spacial score (nSPS) is 11.7. The molecule has 0 spiro atoms. The Morgan fingerprint density at radius 2 is 2.05 bits per heavy atom. The van der Waals surface area contributed by atoms with E-state index in [2.05, 4.69) is 11.1 Å². The molecule has 106 valence electrons. The number of rotatable bonds is 4. The number of nitriles is 1. The Hall–Kier alpha value is -1.81. The molecule has 0 amide bonds. The summed E-state index contributed by atoms with van der Waals surface area (Å²) < 4.78 is 38.4. The van der Waals surface area contributed by atoms with Crippen LogP contribution < -0.4 is 0 Å². The number of alkyl halides is 3. The van der Waals surface area contributed by atoms with Crippen LogP contribution in [0.15, 0.2) is 18.2 Å². The predicted molar refractivity (Wildman–Crippen MR) is 71.7 cm³/mol. The van der Waals surface area contributed by atoms with Gasteiger partial charge in [-0.25, -0.2) is 0 Å². The molecule has 7 heteroatoms. The molecule has 1 aromatic carbocycles. The van der Waals surface area contributed by atoms with E-state index in [0.717, 1.165) is 5.52 Å². The van der Waals surface area contributed by atoms with Crippen molar-refractivity contribution in [2.45, 2.75) is 32.0 Å². The zero-order chi connectivity index (χ0) is 14.8. The summed E-state index contributed by atoms with van der Waals surface area (Å²) in [6, 6.07) is 7.26. The van der Waals surface area contributed by atoms with Gasteiger partial charge in [-0.1, -0.05) is 6.07 Å². The third kappa shape index (κ3) is 3.20. The Labute approximate surface area is 118 Å². The molecule has 0 saturated carbocycles. The molecule has 0 saturated heterocycles. The topological polar surface area (TPSA) is 44.5 Å². The largest absolute Gasteiger partial charge is 0.389 e. The first-order valence-electron chi connectivity index (χ1n) is 6.11. The summed E-state index contributed by atoms with van der Waals surface area (Å²) in [7, 11) is 0. The van der Waals surface area contributed by atoms with Gasteiger partial charge in [0.15, 0.2) is 4.77 Å². The smallest absolute Gasteiger partial charge is 0.329 e. The number of benzene rings is 1. The first-order chi connectivity index (χ1) is 9.42. The van der Waals surface area contributed by atoms with E-state index in [1.54, 1.807) is 22.8 Å². The summed E-state index contributed by atoms with van der Waals surface area (Å²) in [6.45, 7) is 0.407. The second kappa shape index (κ2) is 5.67. The second-order valence-corrected chi connectivity index (χ2v) is 4.85. The van der Waals surface area contributed by atoms with Gasteiger partial charge in [0.2, 0.25) is 0 Å². The molecule has 1 heterocycles. The second-order valence-electron chi connectivity index (χ2n) is 4.47. The van der Waals surface area contributed by atoms with Crippen molar-refractivity contribution in [3.8, 4) is 6.07 Å². The standard InChI is InChI=1S/C13H12F3N3S/c14-13(15,16)6-1-2-7-19-10-5-3-4-9(8-17)11(10)18-12(19)20/h3-5H,1-2,6-7H2,(H,18,20). The van der Waals surface area contributed by atoms with Gasteiger partial charge < -0.3 is 9.55 Å². The summed E-state index contributed by atoms with van der Waals surface area (Å²) in [5, 5.41) is 9.00. The van der Waals surface area contributed by atoms with E-state index in [0.29, 0.717) is 28.8 Å². The van der Waals surface area contributed by atoms with E-state index in [4.69, 9.17) is 17.5 Å². The van der Waals surface area contributed by atoms with Crippen LogP contribution in [0.5, 0.6) is 0 Å². The van der Waals surface area contributed by atoms with E-state index in [9.17, 15) is 13.2 Å². The van der Waals surface area contributed by atoms with Crippen molar-refractivity contribution in [3.05, 3.63) is 28.5 Å². The van der Waals surface area contributed by atoms with Crippen LogP contribution in [0.4, 0.5) is 13.2 Å². The highest BCUT2D eigenvalue weighted by molar-refractivity contribution is 7.71. The minimum absolute atomic E-state index is 0.0654. The van der Waals surface area contributed by atoms with Gasteiger partial charge in [-0.3, -0.25) is 0 Å². The number of hydrogen-bond donors (Lipinski definition) is 1. The van der Waals surface area contributed by atoms with Crippen molar-refractivity contribution in [1.29, 1.82) is 5.26 Å². The number of aromatic amines is 1. The van der Waals surface area contributed by atoms with Crippen LogP contribution in [0.25, 0.3) is 11.0 Å². The Balaban J connectivity index is 2.17. The molecule has 0 fully saturated rings. The molecular weight excluding hydrogens is 287 g/mol. The van der Waals surface area contributed by atoms with Crippen molar-refractivity contribution >= 4 is 23.3 Å². The first kappa shape index (κ1) is 14.6. The number of hydrogen-bond acceptors (Lipinski definition) is 2. The van der Waals surface area contributed by atoms with Crippen molar-refractivity contribution in [2.24, 2.45) is 0 Å². The van der Waals surface area contributed by atoms with Crippen molar-refractivity contribution in [1.82, 2.24) is 9.55 Å². The molecule has 1 N–H and O–H groups in total. The minimum atomic E-state index is -4.12. The zero-order valence-corrected chi connectivity index (χ0v) is 11.3. The maximum atomic E-state index is 12.1. The van der Waals surface area contributed by atoms with Crippen LogP contribution >= 0.6 is 12.2 Å². The number of nitrogens with one attached hydrogen (secondary N) is 1. The average molecular weight is 299 g/mol. The summed E-state index contributed by atoms with van der Waals surface area (Å²) in [5.41, 5.74) is 1.86. The number of unbranched alkanes of at least 4 members (excludes halogenated alkanes) is 1. The van der Waals surface area contributed by atoms with E-state index in [1.807, 2.05) is 0 Å². The third-order valence-corrected chi connectivity index (χ3v) is 3.35. The molecule has 2 aromatic rings. The van der Waals surface area contributed by atoms with E-state index in [1.165, 1.54) is 0 Å². The fourth-order valence-electron chi connectivity index (χ4n) is 2.09. The number of nitrogens with zero attached hydrogens (tertiary/aromatic N) is 2. The molecule has 0 aliphatic carbocycles. The summed E-state index contributed by atoms with van der Waals surface area (Å²) in [5.74, 6) is 0. The molecule has 1 aromatic heterocycles. The molecular formula is C13H12F3N3S. The van der Waals surface area contributed by atoms with Crippen LogP contribution in [0, 0.1) is 16.1 Å².